The fourth-order valence-corrected chi connectivity index (χ4v) is 9.57. The van der Waals surface area contributed by atoms with E-state index in [2.05, 4.69) is 195 Å². The highest BCUT2D eigenvalue weighted by Gasteiger charge is 2.24. The Balaban J connectivity index is 1.26. The van der Waals surface area contributed by atoms with Crippen LogP contribution in [-0.4, -0.2) is 16.1 Å². The number of aliphatic imine (C=N–C) groups is 2. The Hall–Kier alpha value is -6.36. The summed E-state index contributed by atoms with van der Waals surface area (Å²) in [5.41, 5.74) is 7.86. The van der Waals surface area contributed by atoms with Crippen molar-refractivity contribution in [3.63, 3.8) is 0 Å². The van der Waals surface area contributed by atoms with Crippen LogP contribution in [0.15, 0.2) is 180 Å². The molecule has 1 unspecified atom stereocenters. The Bertz CT molecular complexity index is 3160. The molecule has 3 nitrogen and oxygen atoms in total. The van der Waals surface area contributed by atoms with Crippen molar-refractivity contribution in [3.8, 4) is 5.69 Å². The van der Waals surface area contributed by atoms with Crippen molar-refractivity contribution >= 4 is 86.4 Å². The van der Waals surface area contributed by atoms with Crippen LogP contribution >= 0.6 is 11.3 Å². The smallest absolute Gasteiger partial charge is 0.155 e. The van der Waals surface area contributed by atoms with Crippen molar-refractivity contribution in [3.05, 3.63) is 187 Å². The van der Waals surface area contributed by atoms with E-state index in [1.54, 1.807) is 0 Å². The number of amidine groups is 1. The molecule has 0 bridgehead atoms. The summed E-state index contributed by atoms with van der Waals surface area (Å²) in [5.74, 6) is 1.00. The van der Waals surface area contributed by atoms with Crippen molar-refractivity contribution in [1.82, 2.24) is 4.57 Å². The second-order valence-corrected chi connectivity index (χ2v) is 16.1. The quantitative estimate of drug-likeness (QED) is 0.115. The van der Waals surface area contributed by atoms with Crippen LogP contribution in [0.4, 0.5) is 0 Å². The molecule has 56 heavy (non-hydrogen) atoms. The summed E-state index contributed by atoms with van der Waals surface area (Å²) in [6.07, 6.45) is 0.974. The predicted octanol–water partition coefficient (Wildman–Crippen LogP) is 14.5. The summed E-state index contributed by atoms with van der Waals surface area (Å²) in [7, 11) is 0. The first-order chi connectivity index (χ1) is 27.5. The minimum Gasteiger partial charge on any atom is -0.309 e. The van der Waals surface area contributed by atoms with E-state index in [-0.39, 0.29) is 12.0 Å². The second kappa shape index (κ2) is 14.1. The third kappa shape index (κ3) is 5.89. The minimum absolute atomic E-state index is 0.143. The van der Waals surface area contributed by atoms with Gasteiger partial charge in [0, 0.05) is 42.2 Å². The molecular weight excluding hydrogens is 699 g/mol. The summed E-state index contributed by atoms with van der Waals surface area (Å²) >= 11 is 1.87. The van der Waals surface area contributed by atoms with Gasteiger partial charge in [0.2, 0.25) is 0 Å². The molecule has 0 radical (unpaired) electrons. The molecule has 0 saturated heterocycles. The molecule has 0 aliphatic heterocycles. The second-order valence-electron chi connectivity index (χ2n) is 15.0. The molecule has 0 aliphatic carbocycles. The first-order valence-corrected chi connectivity index (χ1v) is 20.4. The predicted molar refractivity (Wildman–Crippen MR) is 243 cm³/mol. The molecule has 2 heterocycles. The summed E-state index contributed by atoms with van der Waals surface area (Å²) in [5, 5.41) is 9.95. The van der Waals surface area contributed by atoms with Gasteiger partial charge < -0.3 is 4.57 Å². The molecule has 8 aromatic carbocycles. The van der Waals surface area contributed by atoms with Crippen LogP contribution in [0.5, 0.6) is 0 Å². The number of rotatable bonds is 7. The zero-order valence-corrected chi connectivity index (χ0v) is 32.6. The monoisotopic (exact) mass is 739 g/mol. The van der Waals surface area contributed by atoms with Crippen molar-refractivity contribution in [2.75, 3.05) is 0 Å². The van der Waals surface area contributed by atoms with E-state index in [4.69, 9.17) is 9.98 Å². The molecule has 0 saturated carbocycles. The highest BCUT2D eigenvalue weighted by molar-refractivity contribution is 7.25. The zero-order chi connectivity index (χ0) is 37.8. The van der Waals surface area contributed by atoms with Gasteiger partial charge in [-0.1, -0.05) is 148 Å². The number of nitrogens with zero attached hydrogens (tertiary/aromatic N) is 3. The summed E-state index contributed by atoms with van der Waals surface area (Å²) in [6, 6.07) is 61.5. The molecular formula is C52H41N3S. The van der Waals surface area contributed by atoms with E-state index >= 15 is 0 Å². The normalized spacial score (nSPS) is 13.8. The van der Waals surface area contributed by atoms with Crippen molar-refractivity contribution < 1.29 is 0 Å². The maximum absolute atomic E-state index is 5.73. The number of fused-ring (bicyclic) bond motifs is 8. The first-order valence-electron chi connectivity index (χ1n) is 19.6. The average Bonchev–Trinajstić information content (AvgIpc) is 3.79. The van der Waals surface area contributed by atoms with Crippen LogP contribution < -0.4 is 0 Å². The summed E-state index contributed by atoms with van der Waals surface area (Å²) < 4.78 is 5.07. The molecule has 0 amide bonds. The molecule has 0 spiro atoms. The average molecular weight is 740 g/mol. The fraction of sp³-hybridized carbons (Fsp3) is 0.115. The van der Waals surface area contributed by atoms with Gasteiger partial charge in [0.1, 0.15) is 0 Å². The molecule has 0 aliphatic rings. The molecule has 0 fully saturated rings. The molecule has 4 heteroatoms. The number of hydrogen-bond donors (Lipinski definition) is 0. The molecule has 270 valence electrons. The lowest BCUT2D eigenvalue weighted by Gasteiger charge is -2.23. The number of aromatic nitrogens is 1. The lowest BCUT2D eigenvalue weighted by molar-refractivity contribution is 0.459. The van der Waals surface area contributed by atoms with Gasteiger partial charge in [-0.15, -0.1) is 11.3 Å². The van der Waals surface area contributed by atoms with Crippen LogP contribution in [0.3, 0.4) is 0 Å². The number of para-hydroxylation sites is 1. The topological polar surface area (TPSA) is 29.6 Å². The van der Waals surface area contributed by atoms with Gasteiger partial charge in [-0.2, -0.15) is 0 Å². The Labute approximate surface area is 330 Å². The number of thiophene rings is 1. The Morgan fingerprint density at radius 1 is 0.571 bits per heavy atom. The van der Waals surface area contributed by atoms with Crippen molar-refractivity contribution in [2.24, 2.45) is 15.9 Å². The van der Waals surface area contributed by atoms with Crippen LogP contribution in [0.2, 0.25) is 0 Å². The minimum atomic E-state index is -0.143. The Morgan fingerprint density at radius 3 is 2.02 bits per heavy atom. The van der Waals surface area contributed by atoms with E-state index in [1.165, 1.54) is 74.8 Å². The van der Waals surface area contributed by atoms with E-state index in [1.807, 2.05) is 11.3 Å². The molecule has 2 atom stereocenters. The molecule has 10 aromatic rings. The van der Waals surface area contributed by atoms with Crippen LogP contribution in [0, 0.1) is 5.92 Å². The first kappa shape index (κ1) is 34.2. The maximum atomic E-state index is 5.73. The lowest BCUT2D eigenvalue weighted by atomic mass is 9.91. The summed E-state index contributed by atoms with van der Waals surface area (Å²) in [6.45, 7) is 6.71. The summed E-state index contributed by atoms with van der Waals surface area (Å²) in [4.78, 5) is 11.1. The highest BCUT2D eigenvalue weighted by Crippen LogP contribution is 2.44. The van der Waals surface area contributed by atoms with Crippen molar-refractivity contribution in [2.45, 2.75) is 33.2 Å². The fourth-order valence-electron chi connectivity index (χ4n) is 8.40. The SMILES string of the molecule is CC[C@@H](C)C(/N=C(\N=C(/C)c1ccccc1)c1ccc2ccccc2c1)c1cc(-n2c3ccccc3c3cc4ccccc4cc32)c2c(c1)sc1ccccc12. The van der Waals surface area contributed by atoms with Gasteiger partial charge in [0.15, 0.2) is 5.84 Å². The number of hydrogen-bond acceptors (Lipinski definition) is 2. The standard InChI is InChI=1S/C52H41N3S/c1-4-33(2)51(54-52(53-34(3)35-16-6-5-7-17-35)40-27-26-36-18-8-9-19-37(36)28-40)41-31-47(50-43-23-13-15-25-48(43)56-49(50)32-41)55-45-24-14-12-22-42(45)44-29-38-20-10-11-21-39(38)30-46(44)55/h5-33,51H,4H2,1-3H3/b53-34+,54-52-/t33-,51?/m1/s1. The van der Waals surface area contributed by atoms with Crippen LogP contribution in [-0.2, 0) is 0 Å². The van der Waals surface area contributed by atoms with Gasteiger partial charge in [0.25, 0.3) is 0 Å². The van der Waals surface area contributed by atoms with E-state index in [0.29, 0.717) is 0 Å². The maximum Gasteiger partial charge on any atom is 0.155 e. The zero-order valence-electron chi connectivity index (χ0n) is 31.8. The lowest BCUT2D eigenvalue weighted by Crippen LogP contribution is -2.12. The third-order valence-electron chi connectivity index (χ3n) is 11.5. The number of benzene rings is 8. The Kier molecular flexibility index (Phi) is 8.57. The van der Waals surface area contributed by atoms with Gasteiger partial charge in [-0.25, -0.2) is 4.99 Å². The van der Waals surface area contributed by atoms with E-state index < -0.39 is 0 Å². The highest BCUT2D eigenvalue weighted by atomic mass is 32.1. The van der Waals surface area contributed by atoms with Crippen molar-refractivity contribution in [1.29, 1.82) is 0 Å². The van der Waals surface area contributed by atoms with Gasteiger partial charge >= 0.3 is 0 Å². The van der Waals surface area contributed by atoms with Gasteiger partial charge in [-0.3, -0.25) is 4.99 Å². The van der Waals surface area contributed by atoms with E-state index in [0.717, 1.165) is 29.1 Å². The molecule has 2 aromatic heterocycles. The largest absolute Gasteiger partial charge is 0.309 e. The molecule has 0 N–H and O–H groups in total. The molecule has 10 rings (SSSR count). The van der Waals surface area contributed by atoms with E-state index in [9.17, 15) is 0 Å². The van der Waals surface area contributed by atoms with Crippen LogP contribution in [0.1, 0.15) is 49.9 Å². The van der Waals surface area contributed by atoms with Gasteiger partial charge in [-0.05, 0) is 88.0 Å². The Morgan fingerprint density at radius 2 is 1.23 bits per heavy atom. The third-order valence-corrected chi connectivity index (χ3v) is 12.6. The van der Waals surface area contributed by atoms with Crippen LogP contribution in [0.25, 0.3) is 69.2 Å². The van der Waals surface area contributed by atoms with Gasteiger partial charge in [0.05, 0.1) is 22.8 Å².